The number of hydrogen-bond donors (Lipinski definition) is 1. The number of amides is 2. The molecule has 2 heterocycles. The maximum atomic E-state index is 12.7. The van der Waals surface area contributed by atoms with Crippen molar-refractivity contribution in [2.45, 2.75) is 19.4 Å². The van der Waals surface area contributed by atoms with Crippen molar-refractivity contribution < 1.29 is 9.59 Å². The van der Waals surface area contributed by atoms with E-state index in [9.17, 15) is 9.59 Å². The molecule has 1 aliphatic rings. The third kappa shape index (κ3) is 2.26. The summed E-state index contributed by atoms with van der Waals surface area (Å²) < 4.78 is 1.91. The lowest BCUT2D eigenvalue weighted by Crippen LogP contribution is -2.56. The number of carbonyl (C=O) groups excluding carboxylic acids is 2. The van der Waals surface area contributed by atoms with Crippen LogP contribution in [0, 0.1) is 0 Å². The van der Waals surface area contributed by atoms with Crippen LogP contribution < -0.4 is 5.32 Å². The molecule has 3 rings (SSSR count). The van der Waals surface area contributed by atoms with Gasteiger partial charge in [-0.3, -0.25) is 9.59 Å². The van der Waals surface area contributed by atoms with Crippen LogP contribution >= 0.6 is 0 Å². The molecule has 1 fully saturated rings. The molecule has 0 bridgehead atoms. The quantitative estimate of drug-likeness (QED) is 0.893. The summed E-state index contributed by atoms with van der Waals surface area (Å²) in [6, 6.07) is 5.09. The van der Waals surface area contributed by atoms with Crippen molar-refractivity contribution in [3.05, 3.63) is 30.1 Å². The van der Waals surface area contributed by atoms with Crippen molar-refractivity contribution in [1.29, 1.82) is 0 Å². The van der Waals surface area contributed by atoms with E-state index >= 15 is 0 Å². The summed E-state index contributed by atoms with van der Waals surface area (Å²) in [5.41, 5.74) is 2.35. The molecule has 0 saturated carbocycles. The lowest BCUT2D eigenvalue weighted by atomic mass is 10.1. The first-order chi connectivity index (χ1) is 10.1. The summed E-state index contributed by atoms with van der Waals surface area (Å²) in [4.78, 5) is 30.5. The minimum Gasteiger partial charge on any atom is -0.353 e. The first-order valence-electron chi connectivity index (χ1n) is 7.11. The standard InChI is InChI=1S/C15H18N4O2/c1-3-12-14(20)16-6-7-19(12)15(21)10-4-5-13-11(8-10)17-9-18(13)2/h4-5,8-9,12H,3,6-7H2,1-2H3,(H,16,20)/t12-/m0/s1. The molecule has 110 valence electrons. The number of piperazine rings is 1. The third-order valence-electron chi connectivity index (χ3n) is 3.95. The maximum Gasteiger partial charge on any atom is 0.254 e. The van der Waals surface area contributed by atoms with Crippen LogP contribution in [0.4, 0.5) is 0 Å². The number of carbonyl (C=O) groups is 2. The largest absolute Gasteiger partial charge is 0.353 e. The first kappa shape index (κ1) is 13.6. The zero-order valence-corrected chi connectivity index (χ0v) is 12.2. The Labute approximate surface area is 122 Å². The second kappa shape index (κ2) is 5.20. The van der Waals surface area contributed by atoms with Gasteiger partial charge >= 0.3 is 0 Å². The van der Waals surface area contributed by atoms with Gasteiger partial charge in [0.1, 0.15) is 6.04 Å². The highest BCUT2D eigenvalue weighted by Gasteiger charge is 2.32. The van der Waals surface area contributed by atoms with Crippen molar-refractivity contribution in [1.82, 2.24) is 19.8 Å². The molecule has 0 radical (unpaired) electrons. The summed E-state index contributed by atoms with van der Waals surface area (Å²) in [6.07, 6.45) is 2.34. The van der Waals surface area contributed by atoms with Crippen LogP contribution in [0.5, 0.6) is 0 Å². The van der Waals surface area contributed by atoms with Crippen molar-refractivity contribution in [3.8, 4) is 0 Å². The number of imidazole rings is 1. The summed E-state index contributed by atoms with van der Waals surface area (Å²) in [6.45, 7) is 2.97. The lowest BCUT2D eigenvalue weighted by Gasteiger charge is -2.34. The maximum absolute atomic E-state index is 12.7. The van der Waals surface area contributed by atoms with Gasteiger partial charge in [0.15, 0.2) is 0 Å². The van der Waals surface area contributed by atoms with Crippen LogP contribution in [0.25, 0.3) is 11.0 Å². The molecule has 2 aromatic rings. The van der Waals surface area contributed by atoms with Gasteiger partial charge in [0.2, 0.25) is 5.91 Å². The van der Waals surface area contributed by atoms with E-state index in [4.69, 9.17) is 0 Å². The first-order valence-corrected chi connectivity index (χ1v) is 7.11. The number of benzene rings is 1. The van der Waals surface area contributed by atoms with Gasteiger partial charge in [-0.2, -0.15) is 0 Å². The SMILES string of the molecule is CC[C@H]1C(=O)NCCN1C(=O)c1ccc2c(c1)ncn2C. The van der Waals surface area contributed by atoms with E-state index in [-0.39, 0.29) is 17.9 Å². The molecule has 1 N–H and O–H groups in total. The molecule has 1 saturated heterocycles. The Bertz CT molecular complexity index is 707. The van der Waals surface area contributed by atoms with E-state index in [0.717, 1.165) is 11.0 Å². The second-order valence-corrected chi connectivity index (χ2v) is 5.27. The van der Waals surface area contributed by atoms with E-state index in [0.29, 0.717) is 25.1 Å². The Morgan fingerprint density at radius 2 is 2.29 bits per heavy atom. The van der Waals surface area contributed by atoms with Crippen molar-refractivity contribution in [2.24, 2.45) is 7.05 Å². The fourth-order valence-electron chi connectivity index (χ4n) is 2.80. The smallest absolute Gasteiger partial charge is 0.254 e. The highest BCUT2D eigenvalue weighted by atomic mass is 16.2. The van der Waals surface area contributed by atoms with E-state index in [1.807, 2.05) is 24.6 Å². The van der Waals surface area contributed by atoms with E-state index in [1.165, 1.54) is 0 Å². The van der Waals surface area contributed by atoms with Crippen molar-refractivity contribution in [2.75, 3.05) is 13.1 Å². The summed E-state index contributed by atoms with van der Waals surface area (Å²) in [5, 5.41) is 2.80. The zero-order chi connectivity index (χ0) is 15.0. The molecular weight excluding hydrogens is 268 g/mol. The fraction of sp³-hybridized carbons (Fsp3) is 0.400. The number of fused-ring (bicyclic) bond motifs is 1. The number of rotatable bonds is 2. The number of aryl methyl sites for hydroxylation is 1. The molecule has 0 aliphatic carbocycles. The van der Waals surface area contributed by atoms with Gasteiger partial charge in [0.05, 0.1) is 17.4 Å². The molecule has 1 aromatic carbocycles. The molecule has 1 aliphatic heterocycles. The molecule has 1 aromatic heterocycles. The third-order valence-corrected chi connectivity index (χ3v) is 3.95. The Hall–Kier alpha value is -2.37. The molecule has 0 unspecified atom stereocenters. The summed E-state index contributed by atoms with van der Waals surface area (Å²) in [5.74, 6) is -0.180. The van der Waals surface area contributed by atoms with Crippen LogP contribution in [0.3, 0.4) is 0 Å². The van der Waals surface area contributed by atoms with Gasteiger partial charge in [0.25, 0.3) is 5.91 Å². The van der Waals surface area contributed by atoms with Crippen LogP contribution in [-0.2, 0) is 11.8 Å². The van der Waals surface area contributed by atoms with Crippen molar-refractivity contribution in [3.63, 3.8) is 0 Å². The van der Waals surface area contributed by atoms with Crippen LogP contribution in [0.15, 0.2) is 24.5 Å². The van der Waals surface area contributed by atoms with Crippen LogP contribution in [0.1, 0.15) is 23.7 Å². The highest BCUT2D eigenvalue weighted by Crippen LogP contribution is 2.18. The lowest BCUT2D eigenvalue weighted by molar-refractivity contribution is -0.127. The van der Waals surface area contributed by atoms with E-state index in [1.54, 1.807) is 23.4 Å². The average Bonchev–Trinajstić information content (AvgIpc) is 2.87. The second-order valence-electron chi connectivity index (χ2n) is 5.27. The Balaban J connectivity index is 1.93. The molecule has 6 nitrogen and oxygen atoms in total. The predicted molar refractivity (Wildman–Crippen MR) is 78.8 cm³/mol. The van der Waals surface area contributed by atoms with Gasteiger partial charge in [-0.25, -0.2) is 4.98 Å². The number of nitrogens with zero attached hydrogens (tertiary/aromatic N) is 3. The minimum atomic E-state index is -0.384. The van der Waals surface area contributed by atoms with Gasteiger partial charge < -0.3 is 14.8 Å². The molecule has 2 amide bonds. The van der Waals surface area contributed by atoms with Gasteiger partial charge in [-0.15, -0.1) is 0 Å². The Morgan fingerprint density at radius 3 is 3.05 bits per heavy atom. The van der Waals surface area contributed by atoms with Gasteiger partial charge in [-0.1, -0.05) is 6.92 Å². The van der Waals surface area contributed by atoms with Gasteiger partial charge in [-0.05, 0) is 24.6 Å². The Morgan fingerprint density at radius 1 is 1.48 bits per heavy atom. The molecule has 6 heteroatoms. The monoisotopic (exact) mass is 286 g/mol. The average molecular weight is 286 g/mol. The molecule has 0 spiro atoms. The number of aromatic nitrogens is 2. The van der Waals surface area contributed by atoms with Crippen molar-refractivity contribution >= 4 is 22.8 Å². The van der Waals surface area contributed by atoms with Gasteiger partial charge in [0, 0.05) is 25.7 Å². The van der Waals surface area contributed by atoms with Crippen LogP contribution in [0.2, 0.25) is 0 Å². The number of hydrogen-bond acceptors (Lipinski definition) is 3. The van der Waals surface area contributed by atoms with E-state index in [2.05, 4.69) is 10.3 Å². The minimum absolute atomic E-state index is 0.0731. The highest BCUT2D eigenvalue weighted by molar-refractivity contribution is 6.00. The Kier molecular flexibility index (Phi) is 3.37. The van der Waals surface area contributed by atoms with E-state index < -0.39 is 0 Å². The normalized spacial score (nSPS) is 18.9. The zero-order valence-electron chi connectivity index (χ0n) is 12.2. The number of nitrogens with one attached hydrogen (secondary N) is 1. The molecule has 1 atom stereocenters. The predicted octanol–water partition coefficient (Wildman–Crippen LogP) is 0.924. The molecular formula is C15H18N4O2. The fourth-order valence-corrected chi connectivity index (χ4v) is 2.80. The summed E-state index contributed by atoms with van der Waals surface area (Å²) >= 11 is 0. The topological polar surface area (TPSA) is 67.2 Å². The van der Waals surface area contributed by atoms with Crippen LogP contribution in [-0.4, -0.2) is 45.4 Å². The summed E-state index contributed by atoms with van der Waals surface area (Å²) in [7, 11) is 1.92. The molecule has 21 heavy (non-hydrogen) atoms.